The lowest BCUT2D eigenvalue weighted by molar-refractivity contribution is 0.220. The summed E-state index contributed by atoms with van der Waals surface area (Å²) in [6.45, 7) is 11.7. The zero-order valence-electron chi connectivity index (χ0n) is 36.2. The molecule has 0 aliphatic heterocycles. The molecule has 302 valence electrons. The van der Waals surface area contributed by atoms with Crippen LogP contribution in [-0.2, 0) is 10.8 Å². The average molecular weight is 785 g/mol. The number of aliphatic imine (C=N–C) groups is 1. The molecule has 4 saturated carbocycles. The fourth-order valence-electron chi connectivity index (χ4n) is 12.4. The molecule has 0 spiro atoms. The molecule has 0 amide bonds. The van der Waals surface area contributed by atoms with Crippen LogP contribution in [0.15, 0.2) is 157 Å². The van der Waals surface area contributed by atoms with Crippen molar-refractivity contribution in [1.82, 2.24) is 0 Å². The molecule has 0 heterocycles. The van der Waals surface area contributed by atoms with E-state index in [0.29, 0.717) is 17.4 Å². The lowest BCUT2D eigenvalue weighted by Gasteiger charge is -2.42. The standard InChI is InChI=1S/C58H60N2/c1-6-39(3)55(47-14-10-8-11-15-47)60-56(48-16-12-9-13-17-48)53(7-2)41(5)54-31-26-49(32-40(54)4)46-22-27-50(28-23-46)57-34-43-33-52(36-57)58(35-43,38-57)51-29-24-45(25-30-51)44-20-18-42(37-59)19-21-44/h8-32,39,41,43,52-53,55H,6-7,33-36,38H2,1-5H3. The maximum atomic E-state index is 9.24. The van der Waals surface area contributed by atoms with Gasteiger partial charge in [0.25, 0.3) is 0 Å². The van der Waals surface area contributed by atoms with E-state index in [9.17, 15) is 5.26 Å². The van der Waals surface area contributed by atoms with Crippen molar-refractivity contribution in [2.75, 3.05) is 0 Å². The molecule has 0 N–H and O–H groups in total. The lowest BCUT2D eigenvalue weighted by Crippen LogP contribution is -2.35. The number of nitrogens with zero attached hydrogens (tertiary/aromatic N) is 2. The molecule has 4 bridgehead atoms. The number of aryl methyl sites for hydroxylation is 1. The Balaban J connectivity index is 0.955. The molecule has 8 unspecified atom stereocenters. The van der Waals surface area contributed by atoms with Crippen LogP contribution in [0.2, 0.25) is 0 Å². The van der Waals surface area contributed by atoms with Gasteiger partial charge in [-0.25, -0.2) is 0 Å². The third-order valence-corrected chi connectivity index (χ3v) is 15.5. The molecule has 4 fully saturated rings. The Morgan fingerprint density at radius 3 is 1.90 bits per heavy atom. The van der Waals surface area contributed by atoms with Crippen molar-refractivity contribution in [3.63, 3.8) is 0 Å². The molecule has 2 nitrogen and oxygen atoms in total. The molecular formula is C58H60N2. The van der Waals surface area contributed by atoms with Crippen molar-refractivity contribution >= 4 is 5.71 Å². The van der Waals surface area contributed by atoms with Crippen LogP contribution in [0.3, 0.4) is 0 Å². The molecule has 0 saturated heterocycles. The van der Waals surface area contributed by atoms with E-state index in [4.69, 9.17) is 4.99 Å². The van der Waals surface area contributed by atoms with Gasteiger partial charge in [-0.3, -0.25) is 4.99 Å². The quantitative estimate of drug-likeness (QED) is 0.107. The second-order valence-electron chi connectivity index (χ2n) is 18.9. The predicted octanol–water partition coefficient (Wildman–Crippen LogP) is 15.0. The SMILES string of the molecule is CCC(C)C(N=C(c1ccccc1)C(CC)C(C)c1ccc(-c2ccc(C34CC5CC(C3)C(c3ccc(-c6ccc(C#N)cc6)cc3)(C5)C4)cc2)cc1C)c1ccccc1. The molecule has 6 aromatic carbocycles. The normalized spacial score (nSPS) is 23.8. The minimum absolute atomic E-state index is 0.117. The van der Waals surface area contributed by atoms with Crippen LogP contribution in [0.25, 0.3) is 22.3 Å². The molecule has 8 atom stereocenters. The summed E-state index contributed by atoms with van der Waals surface area (Å²) in [6, 6.07) is 58.6. The summed E-state index contributed by atoms with van der Waals surface area (Å²) in [5.74, 6) is 2.60. The zero-order valence-corrected chi connectivity index (χ0v) is 36.2. The summed E-state index contributed by atoms with van der Waals surface area (Å²) in [4.78, 5) is 5.72. The van der Waals surface area contributed by atoms with Crippen molar-refractivity contribution < 1.29 is 0 Å². The van der Waals surface area contributed by atoms with Crippen LogP contribution in [0.5, 0.6) is 0 Å². The highest BCUT2D eigenvalue weighted by atomic mass is 14.8. The third kappa shape index (κ3) is 7.25. The average Bonchev–Trinajstić information content (AvgIpc) is 3.70. The van der Waals surface area contributed by atoms with Crippen molar-refractivity contribution in [2.45, 2.75) is 102 Å². The highest BCUT2D eigenvalue weighted by Crippen LogP contribution is 2.71. The summed E-state index contributed by atoms with van der Waals surface area (Å²) in [6.07, 6.45) is 8.72. The number of rotatable bonds is 13. The fourth-order valence-corrected chi connectivity index (χ4v) is 12.4. The van der Waals surface area contributed by atoms with Gasteiger partial charge in [0.05, 0.1) is 17.7 Å². The van der Waals surface area contributed by atoms with Crippen LogP contribution in [-0.4, -0.2) is 5.71 Å². The second-order valence-corrected chi connectivity index (χ2v) is 18.9. The molecule has 0 radical (unpaired) electrons. The summed E-state index contributed by atoms with van der Waals surface area (Å²) in [5.41, 5.74) is 15.9. The topological polar surface area (TPSA) is 36.1 Å². The highest BCUT2D eigenvalue weighted by molar-refractivity contribution is 6.03. The van der Waals surface area contributed by atoms with Crippen LogP contribution in [0.4, 0.5) is 0 Å². The fraction of sp³-hybridized carbons (Fsp3) is 0.345. The van der Waals surface area contributed by atoms with Gasteiger partial charge in [-0.15, -0.1) is 0 Å². The number of benzene rings is 6. The van der Waals surface area contributed by atoms with Gasteiger partial charge in [-0.1, -0.05) is 174 Å². The number of hydrogen-bond donors (Lipinski definition) is 0. The van der Waals surface area contributed by atoms with Crippen LogP contribution in [0, 0.1) is 41.9 Å². The van der Waals surface area contributed by atoms with Gasteiger partial charge >= 0.3 is 0 Å². The Morgan fingerprint density at radius 1 is 0.683 bits per heavy atom. The van der Waals surface area contributed by atoms with E-state index in [0.717, 1.165) is 24.7 Å². The van der Waals surface area contributed by atoms with Gasteiger partial charge < -0.3 is 0 Å². The van der Waals surface area contributed by atoms with E-state index in [1.807, 2.05) is 12.1 Å². The van der Waals surface area contributed by atoms with E-state index in [1.54, 1.807) is 5.56 Å². The van der Waals surface area contributed by atoms with Gasteiger partial charge in [-0.2, -0.15) is 5.26 Å². The van der Waals surface area contributed by atoms with Gasteiger partial charge in [0, 0.05) is 11.6 Å². The Hall–Kier alpha value is -5.52. The first-order valence-electron chi connectivity index (χ1n) is 22.7. The number of hydrogen-bond acceptors (Lipinski definition) is 2. The molecule has 4 aliphatic carbocycles. The first-order chi connectivity index (χ1) is 29.2. The van der Waals surface area contributed by atoms with E-state index in [1.165, 1.54) is 87.9 Å². The molecule has 2 heteroatoms. The van der Waals surface area contributed by atoms with Gasteiger partial charge in [-0.05, 0) is 148 Å². The molecule has 4 aliphatic rings. The molecule has 0 aromatic heterocycles. The summed E-state index contributed by atoms with van der Waals surface area (Å²) >= 11 is 0. The molecule has 6 aromatic rings. The Morgan fingerprint density at radius 2 is 1.28 bits per heavy atom. The molecule has 10 rings (SSSR count). The number of nitriles is 1. The minimum atomic E-state index is 0.117. The Bertz CT molecular complexity index is 2490. The van der Waals surface area contributed by atoms with Crippen molar-refractivity contribution in [1.29, 1.82) is 5.26 Å². The highest BCUT2D eigenvalue weighted by Gasteiger charge is 2.64. The van der Waals surface area contributed by atoms with Crippen molar-refractivity contribution in [3.8, 4) is 28.3 Å². The molecular weight excluding hydrogens is 725 g/mol. The largest absolute Gasteiger partial charge is 0.280 e. The zero-order chi connectivity index (χ0) is 41.4. The van der Waals surface area contributed by atoms with Gasteiger partial charge in [0.2, 0.25) is 0 Å². The Labute approximate surface area is 359 Å². The minimum Gasteiger partial charge on any atom is -0.280 e. The van der Waals surface area contributed by atoms with E-state index < -0.39 is 0 Å². The first kappa shape index (κ1) is 39.9. The maximum Gasteiger partial charge on any atom is 0.0991 e. The van der Waals surface area contributed by atoms with Gasteiger partial charge in [0.1, 0.15) is 0 Å². The van der Waals surface area contributed by atoms with E-state index in [-0.39, 0.29) is 22.8 Å². The summed E-state index contributed by atoms with van der Waals surface area (Å²) in [5, 5.41) is 9.24. The summed E-state index contributed by atoms with van der Waals surface area (Å²) in [7, 11) is 0. The maximum absolute atomic E-state index is 9.24. The summed E-state index contributed by atoms with van der Waals surface area (Å²) < 4.78 is 0. The predicted molar refractivity (Wildman–Crippen MR) is 250 cm³/mol. The van der Waals surface area contributed by atoms with Crippen molar-refractivity contribution in [2.24, 2.45) is 28.7 Å². The van der Waals surface area contributed by atoms with E-state index in [2.05, 4.69) is 180 Å². The van der Waals surface area contributed by atoms with Crippen LogP contribution < -0.4 is 0 Å². The van der Waals surface area contributed by atoms with E-state index >= 15 is 0 Å². The van der Waals surface area contributed by atoms with Gasteiger partial charge in [0.15, 0.2) is 0 Å². The van der Waals surface area contributed by atoms with Crippen LogP contribution in [0.1, 0.15) is 124 Å². The Kier molecular flexibility index (Phi) is 11.0. The lowest BCUT2D eigenvalue weighted by atomic mass is 9.62. The first-order valence-corrected chi connectivity index (χ1v) is 22.7. The molecule has 60 heavy (non-hydrogen) atoms. The monoisotopic (exact) mass is 784 g/mol. The smallest absolute Gasteiger partial charge is 0.0991 e. The third-order valence-electron chi connectivity index (χ3n) is 15.5. The van der Waals surface area contributed by atoms with Crippen molar-refractivity contribution in [3.05, 3.63) is 191 Å². The second kappa shape index (κ2) is 16.5. The van der Waals surface area contributed by atoms with Crippen LogP contribution >= 0.6 is 0 Å².